The SMILES string of the molecule is CCc1cc(Cn2nc(C)c(CNC3CC3)c2C)n(C)n1. The Morgan fingerprint density at radius 2 is 2.05 bits per heavy atom. The zero-order valence-electron chi connectivity index (χ0n) is 13.5. The third-order valence-corrected chi connectivity index (χ3v) is 4.38. The summed E-state index contributed by atoms with van der Waals surface area (Å²) in [6.45, 7) is 8.14. The van der Waals surface area contributed by atoms with E-state index in [0.717, 1.165) is 36.9 Å². The van der Waals surface area contributed by atoms with E-state index in [1.54, 1.807) is 0 Å². The molecule has 2 aromatic rings. The number of aryl methyl sites for hydroxylation is 3. The van der Waals surface area contributed by atoms with Gasteiger partial charge in [-0.25, -0.2) is 0 Å². The fraction of sp³-hybridized carbons (Fsp3) is 0.625. The maximum atomic E-state index is 4.72. The van der Waals surface area contributed by atoms with Crippen LogP contribution < -0.4 is 5.32 Å². The molecule has 0 amide bonds. The van der Waals surface area contributed by atoms with Crippen LogP contribution in [0.2, 0.25) is 0 Å². The Balaban J connectivity index is 1.78. The first-order valence-electron chi connectivity index (χ1n) is 7.86. The Kier molecular flexibility index (Phi) is 3.85. The highest BCUT2D eigenvalue weighted by atomic mass is 15.3. The Morgan fingerprint density at radius 1 is 1.29 bits per heavy atom. The molecular weight excluding hydrogens is 262 g/mol. The second-order valence-corrected chi connectivity index (χ2v) is 6.07. The number of hydrogen-bond acceptors (Lipinski definition) is 3. The van der Waals surface area contributed by atoms with E-state index in [2.05, 4.69) is 41.9 Å². The molecule has 0 aromatic carbocycles. The summed E-state index contributed by atoms with van der Waals surface area (Å²) in [5.74, 6) is 0. The quantitative estimate of drug-likeness (QED) is 0.885. The van der Waals surface area contributed by atoms with E-state index in [1.165, 1.54) is 29.8 Å². The molecule has 0 saturated heterocycles. The van der Waals surface area contributed by atoms with Crippen molar-refractivity contribution >= 4 is 0 Å². The lowest BCUT2D eigenvalue weighted by Gasteiger charge is -2.06. The van der Waals surface area contributed by atoms with Crippen LogP contribution in [0, 0.1) is 13.8 Å². The molecule has 0 aliphatic heterocycles. The minimum absolute atomic E-state index is 0.733. The van der Waals surface area contributed by atoms with Crippen molar-refractivity contribution in [3.8, 4) is 0 Å². The van der Waals surface area contributed by atoms with E-state index < -0.39 is 0 Å². The summed E-state index contributed by atoms with van der Waals surface area (Å²) in [6, 6.07) is 2.91. The standard InChI is InChI=1S/C16H25N5/c1-5-13-8-15(20(4)19-13)10-21-12(3)16(11(2)18-21)9-17-14-6-7-14/h8,14,17H,5-7,9-10H2,1-4H3. The Morgan fingerprint density at radius 3 is 2.67 bits per heavy atom. The summed E-state index contributed by atoms with van der Waals surface area (Å²) < 4.78 is 4.08. The fourth-order valence-electron chi connectivity index (χ4n) is 2.72. The van der Waals surface area contributed by atoms with E-state index >= 15 is 0 Å². The summed E-state index contributed by atoms with van der Waals surface area (Å²) in [4.78, 5) is 0. The predicted octanol–water partition coefficient (Wildman–Crippen LogP) is 2.10. The van der Waals surface area contributed by atoms with Crippen molar-refractivity contribution in [2.24, 2.45) is 7.05 Å². The molecule has 114 valence electrons. The summed E-state index contributed by atoms with van der Waals surface area (Å²) in [6.07, 6.45) is 3.61. The average molecular weight is 287 g/mol. The zero-order valence-corrected chi connectivity index (χ0v) is 13.5. The van der Waals surface area contributed by atoms with Crippen molar-refractivity contribution < 1.29 is 0 Å². The first kappa shape index (κ1) is 14.3. The minimum atomic E-state index is 0.733. The number of nitrogens with zero attached hydrogens (tertiary/aromatic N) is 4. The molecule has 1 aliphatic carbocycles. The van der Waals surface area contributed by atoms with Gasteiger partial charge in [-0.15, -0.1) is 0 Å². The van der Waals surface area contributed by atoms with Crippen molar-refractivity contribution in [1.82, 2.24) is 24.9 Å². The van der Waals surface area contributed by atoms with Crippen LogP contribution in [0.15, 0.2) is 6.07 Å². The van der Waals surface area contributed by atoms with E-state index in [-0.39, 0.29) is 0 Å². The first-order chi connectivity index (χ1) is 10.1. The smallest absolute Gasteiger partial charge is 0.0831 e. The third-order valence-electron chi connectivity index (χ3n) is 4.38. The van der Waals surface area contributed by atoms with Crippen LogP contribution in [0.5, 0.6) is 0 Å². The maximum Gasteiger partial charge on any atom is 0.0831 e. The van der Waals surface area contributed by atoms with Gasteiger partial charge in [0.05, 0.1) is 23.6 Å². The van der Waals surface area contributed by atoms with Gasteiger partial charge in [-0.1, -0.05) is 6.92 Å². The molecule has 0 radical (unpaired) electrons. The molecule has 1 N–H and O–H groups in total. The lowest BCUT2D eigenvalue weighted by molar-refractivity contribution is 0.601. The summed E-state index contributed by atoms with van der Waals surface area (Å²) in [5.41, 5.74) is 6.10. The monoisotopic (exact) mass is 287 g/mol. The lowest BCUT2D eigenvalue weighted by Crippen LogP contribution is -2.16. The number of hydrogen-bond donors (Lipinski definition) is 1. The van der Waals surface area contributed by atoms with Gasteiger partial charge in [0, 0.05) is 30.9 Å². The van der Waals surface area contributed by atoms with Gasteiger partial charge in [0.15, 0.2) is 0 Å². The summed E-state index contributed by atoms with van der Waals surface area (Å²) in [7, 11) is 2.01. The normalized spacial score (nSPS) is 14.9. The van der Waals surface area contributed by atoms with Crippen molar-refractivity contribution in [1.29, 1.82) is 0 Å². The Hall–Kier alpha value is -1.62. The van der Waals surface area contributed by atoms with Crippen LogP contribution in [-0.4, -0.2) is 25.6 Å². The first-order valence-corrected chi connectivity index (χ1v) is 7.86. The number of rotatable bonds is 6. The van der Waals surface area contributed by atoms with Gasteiger partial charge in [0.1, 0.15) is 0 Å². The molecule has 0 bridgehead atoms. The van der Waals surface area contributed by atoms with Gasteiger partial charge >= 0.3 is 0 Å². The molecule has 0 spiro atoms. The molecule has 1 saturated carbocycles. The zero-order chi connectivity index (χ0) is 15.0. The largest absolute Gasteiger partial charge is 0.310 e. The molecule has 0 unspecified atom stereocenters. The Bertz CT molecular complexity index is 633. The molecule has 3 rings (SSSR count). The van der Waals surface area contributed by atoms with E-state index in [4.69, 9.17) is 5.10 Å². The van der Waals surface area contributed by atoms with Crippen LogP contribution in [0.3, 0.4) is 0 Å². The topological polar surface area (TPSA) is 47.7 Å². The van der Waals surface area contributed by atoms with E-state index in [1.807, 2.05) is 11.7 Å². The van der Waals surface area contributed by atoms with Gasteiger partial charge in [-0.05, 0) is 39.2 Å². The second kappa shape index (κ2) is 5.64. The van der Waals surface area contributed by atoms with Crippen molar-refractivity contribution in [3.63, 3.8) is 0 Å². The summed E-state index contributed by atoms with van der Waals surface area (Å²) >= 11 is 0. The minimum Gasteiger partial charge on any atom is -0.310 e. The molecule has 5 heteroatoms. The highest BCUT2D eigenvalue weighted by Gasteiger charge is 2.22. The highest BCUT2D eigenvalue weighted by molar-refractivity contribution is 5.25. The molecule has 2 aromatic heterocycles. The van der Waals surface area contributed by atoms with Crippen LogP contribution in [0.4, 0.5) is 0 Å². The molecule has 5 nitrogen and oxygen atoms in total. The Labute approximate surface area is 126 Å². The molecule has 0 atom stereocenters. The van der Waals surface area contributed by atoms with Crippen LogP contribution in [0.25, 0.3) is 0 Å². The van der Waals surface area contributed by atoms with Crippen molar-refractivity contribution in [2.45, 2.75) is 59.2 Å². The fourth-order valence-corrected chi connectivity index (χ4v) is 2.72. The lowest BCUT2D eigenvalue weighted by atomic mass is 10.2. The van der Waals surface area contributed by atoms with Crippen molar-refractivity contribution in [2.75, 3.05) is 0 Å². The van der Waals surface area contributed by atoms with E-state index in [9.17, 15) is 0 Å². The molecule has 1 aliphatic rings. The van der Waals surface area contributed by atoms with Crippen molar-refractivity contribution in [3.05, 3.63) is 34.4 Å². The van der Waals surface area contributed by atoms with E-state index in [0.29, 0.717) is 0 Å². The molecule has 1 fully saturated rings. The number of aromatic nitrogens is 4. The van der Waals surface area contributed by atoms with Gasteiger partial charge < -0.3 is 5.32 Å². The highest BCUT2D eigenvalue weighted by Crippen LogP contribution is 2.21. The molecule has 2 heterocycles. The van der Waals surface area contributed by atoms with Gasteiger partial charge in [-0.3, -0.25) is 9.36 Å². The van der Waals surface area contributed by atoms with Crippen LogP contribution in [0.1, 0.15) is 48.1 Å². The third kappa shape index (κ3) is 3.02. The molecular formula is C16H25N5. The maximum absolute atomic E-state index is 4.72. The van der Waals surface area contributed by atoms with Gasteiger partial charge in [0.25, 0.3) is 0 Å². The van der Waals surface area contributed by atoms with Crippen LogP contribution >= 0.6 is 0 Å². The molecule has 21 heavy (non-hydrogen) atoms. The number of nitrogens with one attached hydrogen (secondary N) is 1. The summed E-state index contributed by atoms with van der Waals surface area (Å²) in [5, 5.41) is 12.8. The van der Waals surface area contributed by atoms with Crippen LogP contribution in [-0.2, 0) is 26.6 Å². The second-order valence-electron chi connectivity index (χ2n) is 6.07. The average Bonchev–Trinajstić information content (AvgIpc) is 3.16. The van der Waals surface area contributed by atoms with Gasteiger partial charge in [0.2, 0.25) is 0 Å². The van der Waals surface area contributed by atoms with Gasteiger partial charge in [-0.2, -0.15) is 10.2 Å². The predicted molar refractivity (Wildman–Crippen MR) is 83.3 cm³/mol.